The van der Waals surface area contributed by atoms with Gasteiger partial charge in [0.15, 0.2) is 0 Å². The smallest absolute Gasteiger partial charge is 0.400 e. The third-order valence-electron chi connectivity index (χ3n) is 4.11. The Morgan fingerprint density at radius 1 is 1.04 bits per heavy atom. The molecular formula is C16H20BF3N2O2. The average molecular weight is 340 g/mol. The first-order valence-corrected chi connectivity index (χ1v) is 7.50. The lowest BCUT2D eigenvalue weighted by atomic mass is 9.90. The molecule has 0 aromatic heterocycles. The predicted octanol–water partition coefficient (Wildman–Crippen LogP) is 4.29. The van der Waals surface area contributed by atoms with Crippen molar-refractivity contribution in [2.75, 3.05) is 5.43 Å². The van der Waals surface area contributed by atoms with Crippen molar-refractivity contribution in [1.29, 1.82) is 0 Å². The fourth-order valence-electron chi connectivity index (χ4n) is 2.00. The van der Waals surface area contributed by atoms with Crippen LogP contribution >= 0.6 is 0 Å². The molecule has 1 fully saturated rings. The van der Waals surface area contributed by atoms with Crippen molar-refractivity contribution in [2.45, 2.75) is 45.1 Å². The van der Waals surface area contributed by atoms with E-state index in [1.165, 1.54) is 18.3 Å². The number of rotatable bonds is 4. The quantitative estimate of drug-likeness (QED) is 0.505. The molecule has 1 heterocycles. The van der Waals surface area contributed by atoms with Crippen molar-refractivity contribution in [2.24, 2.45) is 5.10 Å². The maximum atomic E-state index is 12.4. The first kappa shape index (κ1) is 18.5. The van der Waals surface area contributed by atoms with Gasteiger partial charge in [-0.2, -0.15) is 18.3 Å². The molecule has 1 aliphatic heterocycles. The summed E-state index contributed by atoms with van der Waals surface area (Å²) in [5.74, 6) is 1.72. The molecule has 4 nitrogen and oxygen atoms in total. The zero-order valence-corrected chi connectivity index (χ0v) is 14.0. The predicted molar refractivity (Wildman–Crippen MR) is 88.8 cm³/mol. The first-order valence-electron chi connectivity index (χ1n) is 7.50. The standard InChI is InChI=1S/C16H20BF3N2O2/c1-14(2)15(3,4)24-17(23-14)10-5-11-21-22-13-8-6-12(7-9-13)16(18,19)20/h5-11,22H,1-4H3/b10-5+,21-11+. The van der Waals surface area contributed by atoms with E-state index in [2.05, 4.69) is 10.5 Å². The van der Waals surface area contributed by atoms with Crippen LogP contribution in [0.5, 0.6) is 0 Å². The highest BCUT2D eigenvalue weighted by molar-refractivity contribution is 6.52. The highest BCUT2D eigenvalue weighted by atomic mass is 19.4. The van der Waals surface area contributed by atoms with Gasteiger partial charge in [0.2, 0.25) is 0 Å². The van der Waals surface area contributed by atoms with Crippen molar-refractivity contribution in [3.63, 3.8) is 0 Å². The molecule has 0 bridgehead atoms. The van der Waals surface area contributed by atoms with Crippen LogP contribution in [0.15, 0.2) is 41.4 Å². The zero-order chi connectivity index (χ0) is 18.0. The Kier molecular flexibility index (Phi) is 5.10. The molecule has 2 rings (SSSR count). The number of allylic oxidation sites excluding steroid dienone is 1. The Balaban J connectivity index is 1.85. The van der Waals surface area contributed by atoms with Crippen molar-refractivity contribution < 1.29 is 22.5 Å². The minimum atomic E-state index is -4.34. The maximum Gasteiger partial charge on any atom is 0.487 e. The minimum Gasteiger partial charge on any atom is -0.400 e. The lowest BCUT2D eigenvalue weighted by Gasteiger charge is -2.32. The summed E-state index contributed by atoms with van der Waals surface area (Å²) < 4.78 is 48.9. The highest BCUT2D eigenvalue weighted by Gasteiger charge is 2.49. The Labute approximate surface area is 139 Å². The van der Waals surface area contributed by atoms with E-state index in [1.54, 1.807) is 12.1 Å². The molecule has 8 heteroatoms. The third kappa shape index (κ3) is 4.39. The summed E-state index contributed by atoms with van der Waals surface area (Å²) in [5.41, 5.74) is 1.60. The number of hydrazone groups is 1. The topological polar surface area (TPSA) is 42.8 Å². The van der Waals surface area contributed by atoms with Crippen LogP contribution in [0.25, 0.3) is 0 Å². The molecule has 0 unspecified atom stereocenters. The van der Waals surface area contributed by atoms with E-state index >= 15 is 0 Å². The van der Waals surface area contributed by atoms with Crippen molar-refractivity contribution >= 4 is 19.0 Å². The van der Waals surface area contributed by atoms with E-state index in [-0.39, 0.29) is 0 Å². The van der Waals surface area contributed by atoms with Crippen molar-refractivity contribution in [3.8, 4) is 0 Å². The first-order chi connectivity index (χ1) is 11.0. The molecule has 1 aromatic rings. The molecule has 0 amide bonds. The molecular weight excluding hydrogens is 320 g/mol. The number of anilines is 1. The molecule has 1 saturated heterocycles. The van der Waals surface area contributed by atoms with Gasteiger partial charge in [-0.3, -0.25) is 5.43 Å². The van der Waals surface area contributed by atoms with Crippen LogP contribution < -0.4 is 5.43 Å². The third-order valence-corrected chi connectivity index (χ3v) is 4.11. The average Bonchev–Trinajstić information content (AvgIpc) is 2.66. The highest BCUT2D eigenvalue weighted by Crippen LogP contribution is 2.36. The van der Waals surface area contributed by atoms with Gasteiger partial charge in [0.25, 0.3) is 0 Å². The van der Waals surface area contributed by atoms with Gasteiger partial charge >= 0.3 is 13.3 Å². The number of hydrogen-bond acceptors (Lipinski definition) is 4. The van der Waals surface area contributed by atoms with E-state index < -0.39 is 30.1 Å². The van der Waals surface area contributed by atoms with Gasteiger partial charge < -0.3 is 9.31 Å². The number of nitrogens with one attached hydrogen (secondary N) is 1. The fourth-order valence-corrected chi connectivity index (χ4v) is 2.00. The Hall–Kier alpha value is -1.80. The van der Waals surface area contributed by atoms with Gasteiger partial charge in [-0.25, -0.2) is 0 Å². The number of nitrogens with zero attached hydrogens (tertiary/aromatic N) is 1. The second kappa shape index (κ2) is 6.60. The summed E-state index contributed by atoms with van der Waals surface area (Å²) in [6, 6.07) is 4.63. The normalized spacial score (nSPS) is 20.2. The second-order valence-electron chi connectivity index (χ2n) is 6.47. The van der Waals surface area contributed by atoms with E-state index in [0.29, 0.717) is 5.69 Å². The maximum absolute atomic E-state index is 12.4. The SMILES string of the molecule is CC1(C)OB(/C=C/C=N/Nc2ccc(C(F)(F)F)cc2)OC1(C)C. The molecule has 0 radical (unpaired) electrons. The molecule has 130 valence electrons. The van der Waals surface area contributed by atoms with Gasteiger partial charge in [-0.1, -0.05) is 5.98 Å². The van der Waals surface area contributed by atoms with E-state index in [4.69, 9.17) is 9.31 Å². The Morgan fingerprint density at radius 3 is 2.08 bits per heavy atom. The van der Waals surface area contributed by atoms with E-state index in [0.717, 1.165) is 12.1 Å². The van der Waals surface area contributed by atoms with Crippen LogP contribution in [0.1, 0.15) is 33.3 Å². The summed E-state index contributed by atoms with van der Waals surface area (Å²) in [4.78, 5) is 0. The number of halogens is 3. The monoisotopic (exact) mass is 340 g/mol. The van der Waals surface area contributed by atoms with Crippen LogP contribution in [0.2, 0.25) is 0 Å². The van der Waals surface area contributed by atoms with Crippen LogP contribution in [0.3, 0.4) is 0 Å². The number of benzene rings is 1. The molecule has 1 aromatic carbocycles. The molecule has 0 atom stereocenters. The molecule has 1 N–H and O–H groups in total. The molecule has 0 spiro atoms. The van der Waals surface area contributed by atoms with Crippen LogP contribution in [-0.2, 0) is 15.5 Å². The van der Waals surface area contributed by atoms with Crippen molar-refractivity contribution in [3.05, 3.63) is 41.9 Å². The van der Waals surface area contributed by atoms with Gasteiger partial charge in [0, 0.05) is 6.21 Å². The molecule has 0 saturated carbocycles. The largest absolute Gasteiger partial charge is 0.487 e. The minimum absolute atomic E-state index is 0.405. The summed E-state index contributed by atoms with van der Waals surface area (Å²) >= 11 is 0. The van der Waals surface area contributed by atoms with Gasteiger partial charge in [0.05, 0.1) is 22.5 Å². The van der Waals surface area contributed by atoms with E-state index in [9.17, 15) is 13.2 Å². The fraction of sp³-hybridized carbons (Fsp3) is 0.438. The van der Waals surface area contributed by atoms with Gasteiger partial charge in [-0.15, -0.1) is 0 Å². The van der Waals surface area contributed by atoms with Crippen LogP contribution in [0.4, 0.5) is 18.9 Å². The summed E-state index contributed by atoms with van der Waals surface area (Å²) in [5, 5.41) is 3.91. The summed E-state index contributed by atoms with van der Waals surface area (Å²) in [6.07, 6.45) is -1.21. The summed E-state index contributed by atoms with van der Waals surface area (Å²) in [6.45, 7) is 7.84. The Morgan fingerprint density at radius 2 is 1.58 bits per heavy atom. The zero-order valence-electron chi connectivity index (χ0n) is 14.0. The van der Waals surface area contributed by atoms with Gasteiger partial charge in [-0.05, 0) is 58.0 Å². The van der Waals surface area contributed by atoms with Crippen molar-refractivity contribution in [1.82, 2.24) is 0 Å². The summed E-state index contributed by atoms with van der Waals surface area (Å²) in [7, 11) is -0.465. The molecule has 1 aliphatic rings. The van der Waals surface area contributed by atoms with Crippen LogP contribution in [0, 0.1) is 0 Å². The van der Waals surface area contributed by atoms with E-state index in [1.807, 2.05) is 27.7 Å². The molecule has 24 heavy (non-hydrogen) atoms. The van der Waals surface area contributed by atoms with Crippen LogP contribution in [-0.4, -0.2) is 24.5 Å². The molecule has 0 aliphatic carbocycles. The number of hydrogen-bond donors (Lipinski definition) is 1. The van der Waals surface area contributed by atoms with Gasteiger partial charge in [0.1, 0.15) is 0 Å². The Bertz CT molecular complexity index is 609. The second-order valence-corrected chi connectivity index (χ2v) is 6.47. The lowest BCUT2D eigenvalue weighted by molar-refractivity contribution is -0.137. The number of alkyl halides is 3. The lowest BCUT2D eigenvalue weighted by Crippen LogP contribution is -2.41.